The molecule has 2 amide bonds. The number of thiazole rings is 1. The highest BCUT2D eigenvalue weighted by molar-refractivity contribution is 7.14. The number of benzene rings is 2. The van der Waals surface area contributed by atoms with Crippen LogP contribution in [-0.4, -0.2) is 55.6 Å². The van der Waals surface area contributed by atoms with E-state index >= 15 is 0 Å². The number of rotatable bonds is 9. The fourth-order valence-electron chi connectivity index (χ4n) is 4.39. The van der Waals surface area contributed by atoms with Crippen molar-refractivity contribution in [3.8, 4) is 11.5 Å². The van der Waals surface area contributed by atoms with Crippen molar-refractivity contribution in [2.75, 3.05) is 39.2 Å². The molecule has 3 aromatic rings. The molecular formula is C28H34N4O4S. The van der Waals surface area contributed by atoms with Gasteiger partial charge in [0.2, 0.25) is 5.91 Å². The quantitative estimate of drug-likeness (QED) is 0.422. The summed E-state index contributed by atoms with van der Waals surface area (Å²) in [4.78, 5) is 32.0. The van der Waals surface area contributed by atoms with Gasteiger partial charge in [0, 0.05) is 36.6 Å². The summed E-state index contributed by atoms with van der Waals surface area (Å²) < 4.78 is 10.6. The molecule has 1 fully saturated rings. The van der Waals surface area contributed by atoms with Crippen molar-refractivity contribution in [2.45, 2.75) is 33.1 Å². The zero-order valence-electron chi connectivity index (χ0n) is 21.8. The highest BCUT2D eigenvalue weighted by atomic mass is 32.1. The molecule has 1 aromatic heterocycles. The van der Waals surface area contributed by atoms with Crippen molar-refractivity contribution in [3.05, 3.63) is 64.2 Å². The van der Waals surface area contributed by atoms with Crippen molar-refractivity contribution in [2.24, 2.45) is 5.92 Å². The lowest BCUT2D eigenvalue weighted by Crippen LogP contribution is -2.43. The Morgan fingerprint density at radius 3 is 2.49 bits per heavy atom. The molecule has 4 rings (SSSR count). The molecule has 1 aliphatic heterocycles. The Bertz CT molecular complexity index is 1250. The maximum Gasteiger partial charge on any atom is 0.273 e. The van der Waals surface area contributed by atoms with E-state index < -0.39 is 0 Å². The molecule has 2 heterocycles. The first-order valence-electron chi connectivity index (χ1n) is 12.5. The lowest BCUT2D eigenvalue weighted by molar-refractivity contribution is -0.126. The normalized spacial score (nSPS) is 13.8. The largest absolute Gasteiger partial charge is 0.493 e. The summed E-state index contributed by atoms with van der Waals surface area (Å²) in [7, 11) is 3.21. The van der Waals surface area contributed by atoms with Gasteiger partial charge in [0.05, 0.1) is 14.2 Å². The highest BCUT2D eigenvalue weighted by Gasteiger charge is 2.28. The molecule has 2 aromatic carbocycles. The fourth-order valence-corrected chi connectivity index (χ4v) is 5.09. The summed E-state index contributed by atoms with van der Waals surface area (Å²) in [5, 5.41) is 8.81. The topological polar surface area (TPSA) is 92.8 Å². The summed E-state index contributed by atoms with van der Waals surface area (Å²) in [5.41, 5.74) is 4.89. The first-order valence-corrected chi connectivity index (χ1v) is 13.3. The van der Waals surface area contributed by atoms with Crippen LogP contribution in [0.1, 0.15) is 40.0 Å². The summed E-state index contributed by atoms with van der Waals surface area (Å²) in [5.74, 6) is 1.23. The average molecular weight is 523 g/mol. The van der Waals surface area contributed by atoms with Crippen LogP contribution < -0.4 is 20.1 Å². The Kier molecular flexibility index (Phi) is 8.66. The molecular weight excluding hydrogens is 488 g/mol. The van der Waals surface area contributed by atoms with Crippen LogP contribution in [0.4, 0.5) is 10.8 Å². The van der Waals surface area contributed by atoms with Crippen molar-refractivity contribution >= 4 is 34.0 Å². The Morgan fingerprint density at radius 1 is 1.03 bits per heavy atom. The third kappa shape index (κ3) is 6.60. The number of carbonyl (C=O) groups excluding carboxylic acids is 2. The van der Waals surface area contributed by atoms with E-state index in [1.807, 2.05) is 24.3 Å². The number of amides is 2. The number of aryl methyl sites for hydroxylation is 2. The first kappa shape index (κ1) is 26.5. The molecule has 0 radical (unpaired) electrons. The number of hydrogen-bond acceptors (Lipinski definition) is 7. The first-order chi connectivity index (χ1) is 17.9. The molecule has 0 spiro atoms. The lowest BCUT2D eigenvalue weighted by atomic mass is 9.95. The predicted octanol–water partition coefficient (Wildman–Crippen LogP) is 4.73. The molecule has 2 N–H and O–H groups in total. The second-order valence-electron chi connectivity index (χ2n) is 9.26. The van der Waals surface area contributed by atoms with Crippen molar-refractivity contribution < 1.29 is 19.1 Å². The van der Waals surface area contributed by atoms with Gasteiger partial charge in [-0.25, -0.2) is 4.98 Å². The second kappa shape index (κ2) is 12.1. The van der Waals surface area contributed by atoms with E-state index in [0.717, 1.165) is 11.3 Å². The van der Waals surface area contributed by atoms with Gasteiger partial charge < -0.3 is 25.0 Å². The number of anilines is 2. The van der Waals surface area contributed by atoms with E-state index in [1.165, 1.54) is 22.5 Å². The van der Waals surface area contributed by atoms with Gasteiger partial charge in [-0.3, -0.25) is 9.59 Å². The standard InChI is InChI=1S/C28H34N4O4S/c1-18-5-7-22(15-19(18)2)30-28-31-23(17-37-28)27(34)32-13-10-21(11-14-32)26(33)29-12-9-20-6-8-24(35-3)25(16-20)36-4/h5-8,15-17,21H,9-14H2,1-4H3,(H,29,33)(H,30,31). The van der Waals surface area contributed by atoms with Crippen LogP contribution in [-0.2, 0) is 11.2 Å². The third-order valence-corrected chi connectivity index (χ3v) is 7.55. The molecule has 0 unspecified atom stereocenters. The Labute approximate surface area is 222 Å². The van der Waals surface area contributed by atoms with E-state index in [4.69, 9.17) is 9.47 Å². The molecule has 37 heavy (non-hydrogen) atoms. The summed E-state index contributed by atoms with van der Waals surface area (Å²) in [6, 6.07) is 11.9. The van der Waals surface area contributed by atoms with E-state index in [0.29, 0.717) is 61.2 Å². The fraction of sp³-hybridized carbons (Fsp3) is 0.393. The van der Waals surface area contributed by atoms with Crippen molar-refractivity contribution in [1.29, 1.82) is 0 Å². The number of nitrogens with zero attached hydrogens (tertiary/aromatic N) is 2. The number of aromatic nitrogens is 1. The summed E-state index contributed by atoms with van der Waals surface area (Å²) in [6.07, 6.45) is 1.99. The minimum Gasteiger partial charge on any atom is -0.493 e. The van der Waals surface area contributed by atoms with Gasteiger partial charge in [-0.05, 0) is 74.1 Å². The summed E-state index contributed by atoms with van der Waals surface area (Å²) >= 11 is 1.42. The Hall–Kier alpha value is -3.59. The number of carbonyl (C=O) groups is 2. The van der Waals surface area contributed by atoms with Crippen LogP contribution in [0.25, 0.3) is 0 Å². The molecule has 8 nitrogen and oxygen atoms in total. The maximum atomic E-state index is 13.0. The van der Waals surface area contributed by atoms with Crippen LogP contribution in [0, 0.1) is 19.8 Å². The molecule has 196 valence electrons. The van der Waals surface area contributed by atoms with Gasteiger partial charge in [0.25, 0.3) is 5.91 Å². The van der Waals surface area contributed by atoms with Crippen LogP contribution in [0.5, 0.6) is 11.5 Å². The minimum absolute atomic E-state index is 0.0427. The van der Waals surface area contributed by atoms with Gasteiger partial charge in [0.1, 0.15) is 5.69 Å². The Balaban J connectivity index is 1.23. The predicted molar refractivity (Wildman–Crippen MR) is 146 cm³/mol. The zero-order valence-corrected chi connectivity index (χ0v) is 22.6. The average Bonchev–Trinajstić information content (AvgIpc) is 3.38. The van der Waals surface area contributed by atoms with Crippen molar-refractivity contribution in [3.63, 3.8) is 0 Å². The van der Waals surface area contributed by atoms with Crippen LogP contribution in [0.15, 0.2) is 41.8 Å². The van der Waals surface area contributed by atoms with Gasteiger partial charge in [-0.15, -0.1) is 11.3 Å². The molecule has 0 saturated carbocycles. The highest BCUT2D eigenvalue weighted by Crippen LogP contribution is 2.28. The molecule has 1 saturated heterocycles. The van der Waals surface area contributed by atoms with Crippen LogP contribution in [0.2, 0.25) is 0 Å². The third-order valence-electron chi connectivity index (χ3n) is 6.80. The minimum atomic E-state index is -0.0908. The monoisotopic (exact) mass is 522 g/mol. The SMILES string of the molecule is COc1ccc(CCNC(=O)C2CCN(C(=O)c3csc(Nc4ccc(C)c(C)c4)n3)CC2)cc1OC. The maximum absolute atomic E-state index is 13.0. The number of likely N-dealkylation sites (tertiary alicyclic amines) is 1. The van der Waals surface area contributed by atoms with Crippen LogP contribution >= 0.6 is 11.3 Å². The number of methoxy groups -OCH3 is 2. The zero-order chi connectivity index (χ0) is 26.4. The Morgan fingerprint density at radius 2 is 1.78 bits per heavy atom. The van der Waals surface area contributed by atoms with Gasteiger partial charge >= 0.3 is 0 Å². The van der Waals surface area contributed by atoms with Gasteiger partial charge in [-0.2, -0.15) is 0 Å². The number of nitrogens with one attached hydrogen (secondary N) is 2. The molecule has 9 heteroatoms. The number of ether oxygens (including phenoxy) is 2. The molecule has 1 aliphatic rings. The summed E-state index contributed by atoms with van der Waals surface area (Å²) in [6.45, 7) is 5.78. The van der Waals surface area contributed by atoms with Gasteiger partial charge in [-0.1, -0.05) is 12.1 Å². The van der Waals surface area contributed by atoms with E-state index in [1.54, 1.807) is 24.5 Å². The number of hydrogen-bond donors (Lipinski definition) is 2. The van der Waals surface area contributed by atoms with Crippen LogP contribution in [0.3, 0.4) is 0 Å². The molecule has 0 atom stereocenters. The van der Waals surface area contributed by atoms with E-state index in [9.17, 15) is 9.59 Å². The van der Waals surface area contributed by atoms with Gasteiger partial charge in [0.15, 0.2) is 16.6 Å². The molecule has 0 aliphatic carbocycles. The number of piperidine rings is 1. The lowest BCUT2D eigenvalue weighted by Gasteiger charge is -2.30. The van der Waals surface area contributed by atoms with Crippen molar-refractivity contribution in [1.82, 2.24) is 15.2 Å². The second-order valence-corrected chi connectivity index (χ2v) is 10.1. The van der Waals surface area contributed by atoms with E-state index in [2.05, 4.69) is 41.6 Å². The van der Waals surface area contributed by atoms with E-state index in [-0.39, 0.29) is 17.7 Å². The molecule has 0 bridgehead atoms. The smallest absolute Gasteiger partial charge is 0.273 e.